The lowest BCUT2D eigenvalue weighted by Gasteiger charge is -2.35. The number of non-ortho nitro benzene ring substituents is 1. The highest BCUT2D eigenvalue weighted by Gasteiger charge is 2.19. The van der Waals surface area contributed by atoms with Crippen LogP contribution in [0, 0.1) is 10.1 Å². The Morgan fingerprint density at radius 3 is 3.06 bits per heavy atom. The summed E-state index contributed by atoms with van der Waals surface area (Å²) in [6, 6.07) is 7.20. The quantitative estimate of drug-likeness (QED) is 0.605. The van der Waals surface area contributed by atoms with Crippen molar-refractivity contribution in [3.05, 3.63) is 34.4 Å². The van der Waals surface area contributed by atoms with Gasteiger partial charge in [-0.1, -0.05) is 6.07 Å². The van der Waals surface area contributed by atoms with Gasteiger partial charge in [0.2, 0.25) is 0 Å². The van der Waals surface area contributed by atoms with Crippen LogP contribution < -0.4 is 10.2 Å². The van der Waals surface area contributed by atoms with Crippen molar-refractivity contribution in [1.82, 2.24) is 5.32 Å². The molecule has 0 bridgehead atoms. The summed E-state index contributed by atoms with van der Waals surface area (Å²) >= 11 is 0. The minimum absolute atomic E-state index is 0.156. The second-order valence-corrected chi connectivity index (χ2v) is 4.02. The van der Waals surface area contributed by atoms with E-state index in [0.717, 1.165) is 25.3 Å². The summed E-state index contributed by atoms with van der Waals surface area (Å²) in [5, 5.41) is 14.0. The number of nitrogens with zero attached hydrogens (tertiary/aromatic N) is 2. The van der Waals surface area contributed by atoms with Gasteiger partial charge < -0.3 is 10.2 Å². The molecule has 0 radical (unpaired) electrons. The standard InChI is InChI=1S/C11H15N3O2/c1-9-8-12-5-6-13(9)10-3-2-4-11(7-10)14(15)16/h2-4,7,9,12H,5-6,8H2,1H3/t9-/m0/s1. The van der Waals surface area contributed by atoms with Gasteiger partial charge in [0.1, 0.15) is 0 Å². The predicted molar refractivity (Wildman–Crippen MR) is 62.8 cm³/mol. The Kier molecular flexibility index (Phi) is 3.05. The van der Waals surface area contributed by atoms with Crippen molar-refractivity contribution in [3.63, 3.8) is 0 Å². The lowest BCUT2D eigenvalue weighted by Crippen LogP contribution is -2.49. The molecule has 1 heterocycles. The van der Waals surface area contributed by atoms with Crippen LogP contribution in [0.4, 0.5) is 11.4 Å². The average Bonchev–Trinajstić information content (AvgIpc) is 2.30. The number of hydrogen-bond donors (Lipinski definition) is 1. The zero-order valence-electron chi connectivity index (χ0n) is 9.22. The van der Waals surface area contributed by atoms with Crippen LogP contribution in [-0.2, 0) is 0 Å². The third kappa shape index (κ3) is 2.14. The van der Waals surface area contributed by atoms with Gasteiger partial charge in [-0.3, -0.25) is 10.1 Å². The van der Waals surface area contributed by atoms with E-state index in [-0.39, 0.29) is 10.6 Å². The molecular formula is C11H15N3O2. The van der Waals surface area contributed by atoms with Crippen LogP contribution in [0.1, 0.15) is 6.92 Å². The van der Waals surface area contributed by atoms with Gasteiger partial charge in [-0.25, -0.2) is 0 Å². The van der Waals surface area contributed by atoms with Crippen LogP contribution >= 0.6 is 0 Å². The molecule has 86 valence electrons. The van der Waals surface area contributed by atoms with Crippen LogP contribution in [0.25, 0.3) is 0 Å². The summed E-state index contributed by atoms with van der Waals surface area (Å²) in [5.74, 6) is 0. The van der Waals surface area contributed by atoms with Gasteiger partial charge in [-0.15, -0.1) is 0 Å². The fourth-order valence-electron chi connectivity index (χ4n) is 2.01. The fourth-order valence-corrected chi connectivity index (χ4v) is 2.01. The molecule has 1 atom stereocenters. The number of hydrogen-bond acceptors (Lipinski definition) is 4. The van der Waals surface area contributed by atoms with E-state index in [1.807, 2.05) is 6.07 Å². The van der Waals surface area contributed by atoms with Crippen LogP contribution in [0.5, 0.6) is 0 Å². The molecule has 5 heteroatoms. The van der Waals surface area contributed by atoms with Gasteiger partial charge in [0.05, 0.1) is 4.92 Å². The van der Waals surface area contributed by atoms with Gasteiger partial charge in [0.25, 0.3) is 5.69 Å². The first-order valence-electron chi connectivity index (χ1n) is 5.40. The molecule has 1 N–H and O–H groups in total. The van der Waals surface area contributed by atoms with Crippen LogP contribution in [-0.4, -0.2) is 30.6 Å². The first-order valence-corrected chi connectivity index (χ1v) is 5.40. The number of nitro benzene ring substituents is 1. The molecule has 0 aliphatic carbocycles. The third-order valence-electron chi connectivity index (χ3n) is 2.87. The molecule has 1 aromatic rings. The van der Waals surface area contributed by atoms with E-state index in [9.17, 15) is 10.1 Å². The average molecular weight is 221 g/mol. The predicted octanol–water partition coefficient (Wildman–Crippen LogP) is 1.39. The molecule has 5 nitrogen and oxygen atoms in total. The highest BCUT2D eigenvalue weighted by molar-refractivity contribution is 5.54. The molecule has 1 fully saturated rings. The van der Waals surface area contributed by atoms with E-state index in [0.29, 0.717) is 6.04 Å². The molecular weight excluding hydrogens is 206 g/mol. The maximum Gasteiger partial charge on any atom is 0.271 e. The van der Waals surface area contributed by atoms with Crippen molar-refractivity contribution < 1.29 is 4.92 Å². The summed E-state index contributed by atoms with van der Waals surface area (Å²) in [6.07, 6.45) is 0. The van der Waals surface area contributed by atoms with E-state index in [1.54, 1.807) is 12.1 Å². The van der Waals surface area contributed by atoms with Gasteiger partial charge in [-0.2, -0.15) is 0 Å². The van der Waals surface area contributed by atoms with E-state index >= 15 is 0 Å². The van der Waals surface area contributed by atoms with Crippen LogP contribution in [0.3, 0.4) is 0 Å². The Bertz CT molecular complexity index is 395. The van der Waals surface area contributed by atoms with Crippen molar-refractivity contribution in [1.29, 1.82) is 0 Å². The summed E-state index contributed by atoms with van der Waals surface area (Å²) in [5.41, 5.74) is 1.09. The molecule has 0 amide bonds. The zero-order valence-corrected chi connectivity index (χ0v) is 9.22. The number of rotatable bonds is 2. The first-order chi connectivity index (χ1) is 7.68. The highest BCUT2D eigenvalue weighted by Crippen LogP contribution is 2.23. The van der Waals surface area contributed by atoms with E-state index in [1.165, 1.54) is 6.07 Å². The molecule has 1 aliphatic rings. The second-order valence-electron chi connectivity index (χ2n) is 4.02. The number of piperazine rings is 1. The molecule has 16 heavy (non-hydrogen) atoms. The molecule has 0 saturated carbocycles. The lowest BCUT2D eigenvalue weighted by atomic mass is 10.1. The molecule has 1 aliphatic heterocycles. The number of anilines is 1. The largest absolute Gasteiger partial charge is 0.366 e. The Morgan fingerprint density at radius 2 is 2.38 bits per heavy atom. The fraction of sp³-hybridized carbons (Fsp3) is 0.455. The topological polar surface area (TPSA) is 58.4 Å². The normalized spacial score (nSPS) is 20.8. The molecule has 1 saturated heterocycles. The Hall–Kier alpha value is -1.62. The summed E-state index contributed by atoms with van der Waals surface area (Å²) in [6.45, 7) is 4.85. The van der Waals surface area contributed by atoms with Gasteiger partial charge in [-0.05, 0) is 13.0 Å². The Morgan fingerprint density at radius 1 is 1.56 bits per heavy atom. The molecule has 0 spiro atoms. The SMILES string of the molecule is C[C@H]1CNCCN1c1cccc([N+](=O)[O-])c1. The Balaban J connectivity index is 2.25. The van der Waals surface area contributed by atoms with Gasteiger partial charge >= 0.3 is 0 Å². The first kappa shape index (κ1) is 10.9. The van der Waals surface area contributed by atoms with Crippen molar-refractivity contribution in [3.8, 4) is 0 Å². The molecule has 2 rings (SSSR count). The summed E-state index contributed by atoms with van der Waals surface area (Å²) in [4.78, 5) is 12.5. The monoisotopic (exact) mass is 221 g/mol. The molecule has 1 aromatic carbocycles. The van der Waals surface area contributed by atoms with E-state index in [2.05, 4.69) is 17.1 Å². The van der Waals surface area contributed by atoms with Crippen LogP contribution in [0.2, 0.25) is 0 Å². The van der Waals surface area contributed by atoms with Crippen molar-refractivity contribution in [2.24, 2.45) is 0 Å². The van der Waals surface area contributed by atoms with Gasteiger partial charge in [0, 0.05) is 43.5 Å². The molecule has 0 aromatic heterocycles. The number of nitrogens with one attached hydrogen (secondary N) is 1. The van der Waals surface area contributed by atoms with Crippen molar-refractivity contribution in [2.45, 2.75) is 13.0 Å². The second kappa shape index (κ2) is 4.49. The summed E-state index contributed by atoms with van der Waals surface area (Å²) < 4.78 is 0. The van der Waals surface area contributed by atoms with Crippen LogP contribution in [0.15, 0.2) is 24.3 Å². The summed E-state index contributed by atoms with van der Waals surface area (Å²) in [7, 11) is 0. The minimum atomic E-state index is -0.351. The minimum Gasteiger partial charge on any atom is -0.366 e. The maximum atomic E-state index is 10.7. The molecule has 0 unspecified atom stereocenters. The zero-order chi connectivity index (χ0) is 11.5. The van der Waals surface area contributed by atoms with Crippen molar-refractivity contribution >= 4 is 11.4 Å². The lowest BCUT2D eigenvalue weighted by molar-refractivity contribution is -0.384. The van der Waals surface area contributed by atoms with Gasteiger partial charge in [0.15, 0.2) is 0 Å². The van der Waals surface area contributed by atoms with E-state index in [4.69, 9.17) is 0 Å². The highest BCUT2D eigenvalue weighted by atomic mass is 16.6. The smallest absolute Gasteiger partial charge is 0.271 e. The van der Waals surface area contributed by atoms with Crippen molar-refractivity contribution in [2.75, 3.05) is 24.5 Å². The number of benzene rings is 1. The number of nitro groups is 1. The van der Waals surface area contributed by atoms with E-state index < -0.39 is 0 Å². The third-order valence-corrected chi connectivity index (χ3v) is 2.87. The maximum absolute atomic E-state index is 10.7. The Labute approximate surface area is 94.2 Å².